The van der Waals surface area contributed by atoms with E-state index in [1.54, 1.807) is 20.3 Å². The van der Waals surface area contributed by atoms with Crippen molar-refractivity contribution >= 4 is 5.69 Å². The summed E-state index contributed by atoms with van der Waals surface area (Å²) in [6.07, 6.45) is 0.895. The van der Waals surface area contributed by atoms with Gasteiger partial charge in [-0.05, 0) is 18.1 Å². The summed E-state index contributed by atoms with van der Waals surface area (Å²) < 4.78 is 10.3. The van der Waals surface area contributed by atoms with E-state index in [0.717, 1.165) is 23.4 Å². The molecule has 0 unspecified atom stereocenters. The molecule has 0 fully saturated rings. The second kappa shape index (κ2) is 4.03. The molecule has 0 aliphatic heterocycles. The van der Waals surface area contributed by atoms with Crippen molar-refractivity contribution in [3.63, 3.8) is 0 Å². The Labute approximate surface area is 78.5 Å². The molecule has 0 spiro atoms. The molecule has 72 valence electrons. The first-order valence-corrected chi connectivity index (χ1v) is 4.23. The van der Waals surface area contributed by atoms with Crippen molar-refractivity contribution in [2.45, 2.75) is 13.3 Å². The fourth-order valence-corrected chi connectivity index (χ4v) is 1.24. The monoisotopic (exact) mass is 181 g/mol. The van der Waals surface area contributed by atoms with Crippen molar-refractivity contribution in [2.75, 3.05) is 20.0 Å². The van der Waals surface area contributed by atoms with Gasteiger partial charge in [-0.2, -0.15) is 0 Å². The van der Waals surface area contributed by atoms with Crippen LogP contribution in [0.1, 0.15) is 12.5 Å². The predicted octanol–water partition coefficient (Wildman–Crippen LogP) is 1.85. The Morgan fingerprint density at radius 2 is 1.69 bits per heavy atom. The quantitative estimate of drug-likeness (QED) is 0.724. The summed E-state index contributed by atoms with van der Waals surface area (Å²) in [5.74, 6) is 1.41. The number of hydrogen-bond donors (Lipinski definition) is 1. The molecule has 0 amide bonds. The summed E-state index contributed by atoms with van der Waals surface area (Å²) in [5, 5.41) is 0. The SMILES string of the molecule is CCc1cc(OC)c(OC)cc1N. The molecule has 0 aromatic heterocycles. The van der Waals surface area contributed by atoms with Crippen LogP contribution in [0.15, 0.2) is 12.1 Å². The highest BCUT2D eigenvalue weighted by Gasteiger charge is 2.06. The molecular formula is C10H15NO2. The van der Waals surface area contributed by atoms with E-state index in [4.69, 9.17) is 15.2 Å². The Kier molecular flexibility index (Phi) is 3.01. The first-order valence-electron chi connectivity index (χ1n) is 4.23. The molecule has 1 aromatic rings. The van der Waals surface area contributed by atoms with Crippen LogP contribution in [0.4, 0.5) is 5.69 Å². The van der Waals surface area contributed by atoms with Gasteiger partial charge in [-0.1, -0.05) is 6.92 Å². The topological polar surface area (TPSA) is 44.5 Å². The fraction of sp³-hybridized carbons (Fsp3) is 0.400. The molecule has 1 rings (SSSR count). The zero-order valence-corrected chi connectivity index (χ0v) is 8.26. The van der Waals surface area contributed by atoms with Crippen LogP contribution in [0, 0.1) is 0 Å². The smallest absolute Gasteiger partial charge is 0.162 e. The lowest BCUT2D eigenvalue weighted by atomic mass is 10.1. The average Bonchev–Trinajstić information content (AvgIpc) is 2.17. The van der Waals surface area contributed by atoms with Crippen LogP contribution in [-0.4, -0.2) is 14.2 Å². The van der Waals surface area contributed by atoms with Gasteiger partial charge in [0.1, 0.15) is 0 Å². The van der Waals surface area contributed by atoms with E-state index in [2.05, 4.69) is 6.92 Å². The molecule has 3 nitrogen and oxygen atoms in total. The van der Waals surface area contributed by atoms with Gasteiger partial charge in [0.25, 0.3) is 0 Å². The lowest BCUT2D eigenvalue weighted by Crippen LogP contribution is -1.97. The van der Waals surface area contributed by atoms with E-state index in [9.17, 15) is 0 Å². The normalized spacial score (nSPS) is 9.77. The third-order valence-electron chi connectivity index (χ3n) is 2.03. The maximum Gasteiger partial charge on any atom is 0.162 e. The maximum absolute atomic E-state index is 5.80. The molecule has 1 aromatic carbocycles. The van der Waals surface area contributed by atoms with Crippen molar-refractivity contribution in [1.29, 1.82) is 0 Å². The second-order valence-corrected chi connectivity index (χ2v) is 2.76. The Morgan fingerprint density at radius 1 is 1.15 bits per heavy atom. The minimum atomic E-state index is 0.678. The summed E-state index contributed by atoms with van der Waals surface area (Å²) >= 11 is 0. The number of hydrogen-bond acceptors (Lipinski definition) is 3. The van der Waals surface area contributed by atoms with Gasteiger partial charge in [0.15, 0.2) is 11.5 Å². The van der Waals surface area contributed by atoms with Crippen molar-refractivity contribution in [2.24, 2.45) is 0 Å². The van der Waals surface area contributed by atoms with Crippen LogP contribution in [0.25, 0.3) is 0 Å². The lowest BCUT2D eigenvalue weighted by Gasteiger charge is -2.11. The van der Waals surface area contributed by atoms with E-state index < -0.39 is 0 Å². The van der Waals surface area contributed by atoms with Gasteiger partial charge < -0.3 is 15.2 Å². The Hall–Kier alpha value is -1.38. The number of ether oxygens (including phenoxy) is 2. The molecule has 0 bridgehead atoms. The molecule has 2 N–H and O–H groups in total. The van der Waals surface area contributed by atoms with Crippen LogP contribution in [-0.2, 0) is 6.42 Å². The molecule has 0 saturated heterocycles. The predicted molar refractivity (Wildman–Crippen MR) is 53.3 cm³/mol. The minimum Gasteiger partial charge on any atom is -0.493 e. The van der Waals surface area contributed by atoms with Gasteiger partial charge >= 0.3 is 0 Å². The first-order chi connectivity index (χ1) is 6.22. The maximum atomic E-state index is 5.80. The Bertz CT molecular complexity index is 297. The van der Waals surface area contributed by atoms with E-state index >= 15 is 0 Å². The summed E-state index contributed by atoms with van der Waals surface area (Å²) in [6, 6.07) is 3.70. The molecule has 13 heavy (non-hydrogen) atoms. The lowest BCUT2D eigenvalue weighted by molar-refractivity contribution is 0.355. The summed E-state index contributed by atoms with van der Waals surface area (Å²) in [7, 11) is 3.22. The van der Waals surface area contributed by atoms with Crippen LogP contribution < -0.4 is 15.2 Å². The van der Waals surface area contributed by atoms with Crippen molar-refractivity contribution < 1.29 is 9.47 Å². The second-order valence-electron chi connectivity index (χ2n) is 2.76. The highest BCUT2D eigenvalue weighted by atomic mass is 16.5. The highest BCUT2D eigenvalue weighted by molar-refractivity contribution is 5.57. The third-order valence-corrected chi connectivity index (χ3v) is 2.03. The number of aryl methyl sites for hydroxylation is 1. The van der Waals surface area contributed by atoms with Crippen molar-refractivity contribution in [3.05, 3.63) is 17.7 Å². The molecular weight excluding hydrogens is 166 g/mol. The number of anilines is 1. The van der Waals surface area contributed by atoms with Crippen molar-refractivity contribution in [1.82, 2.24) is 0 Å². The molecule has 0 heterocycles. The van der Waals surface area contributed by atoms with E-state index in [1.807, 2.05) is 6.07 Å². The molecule has 0 aliphatic carbocycles. The zero-order valence-electron chi connectivity index (χ0n) is 8.26. The van der Waals surface area contributed by atoms with E-state index in [0.29, 0.717) is 5.75 Å². The molecule has 0 radical (unpaired) electrons. The van der Waals surface area contributed by atoms with Gasteiger partial charge in [-0.15, -0.1) is 0 Å². The third kappa shape index (κ3) is 1.86. The number of methoxy groups -OCH3 is 2. The largest absolute Gasteiger partial charge is 0.493 e. The number of rotatable bonds is 3. The van der Waals surface area contributed by atoms with Gasteiger partial charge in [-0.25, -0.2) is 0 Å². The minimum absolute atomic E-state index is 0.678. The standard InChI is InChI=1S/C10H15NO2/c1-4-7-5-9(12-2)10(13-3)6-8(7)11/h5-6H,4,11H2,1-3H3. The summed E-state index contributed by atoms with van der Waals surface area (Å²) in [6.45, 7) is 2.05. The Balaban J connectivity index is 3.18. The summed E-state index contributed by atoms with van der Waals surface area (Å²) in [4.78, 5) is 0. The highest BCUT2D eigenvalue weighted by Crippen LogP contribution is 2.31. The van der Waals surface area contributed by atoms with E-state index in [1.165, 1.54) is 0 Å². The molecule has 3 heteroatoms. The molecule has 0 atom stereocenters. The fourth-order valence-electron chi connectivity index (χ4n) is 1.24. The number of benzene rings is 1. The van der Waals surface area contributed by atoms with Crippen LogP contribution in [0.2, 0.25) is 0 Å². The first kappa shape index (κ1) is 9.71. The van der Waals surface area contributed by atoms with Crippen LogP contribution >= 0.6 is 0 Å². The van der Waals surface area contributed by atoms with Gasteiger partial charge in [0.2, 0.25) is 0 Å². The van der Waals surface area contributed by atoms with Crippen LogP contribution in [0.3, 0.4) is 0 Å². The number of nitrogens with two attached hydrogens (primary N) is 1. The van der Waals surface area contributed by atoms with Gasteiger partial charge in [0.05, 0.1) is 14.2 Å². The Morgan fingerprint density at radius 3 is 2.15 bits per heavy atom. The number of nitrogen functional groups attached to an aromatic ring is 1. The van der Waals surface area contributed by atoms with Crippen molar-refractivity contribution in [3.8, 4) is 11.5 Å². The average molecular weight is 181 g/mol. The van der Waals surface area contributed by atoms with Gasteiger partial charge in [0, 0.05) is 11.8 Å². The van der Waals surface area contributed by atoms with Gasteiger partial charge in [-0.3, -0.25) is 0 Å². The zero-order chi connectivity index (χ0) is 9.84. The van der Waals surface area contributed by atoms with Crippen LogP contribution in [0.5, 0.6) is 11.5 Å². The molecule has 0 aliphatic rings. The summed E-state index contributed by atoms with van der Waals surface area (Å²) in [5.41, 5.74) is 7.63. The molecule has 0 saturated carbocycles. The van der Waals surface area contributed by atoms with E-state index in [-0.39, 0.29) is 0 Å².